The van der Waals surface area contributed by atoms with E-state index in [0.717, 1.165) is 0 Å². The van der Waals surface area contributed by atoms with E-state index >= 15 is 0 Å². The second kappa shape index (κ2) is 3.09. The van der Waals surface area contributed by atoms with Crippen LogP contribution in [-0.2, 0) is 4.74 Å². The van der Waals surface area contributed by atoms with Crippen molar-refractivity contribution in [1.82, 2.24) is 0 Å². The molecule has 1 radical (unpaired) electrons. The lowest BCUT2D eigenvalue weighted by atomic mass is 10.1. The van der Waals surface area contributed by atoms with Crippen LogP contribution in [0.4, 0.5) is 4.39 Å². The van der Waals surface area contributed by atoms with E-state index in [9.17, 15) is 4.39 Å². The minimum Gasteiger partial charge on any atom is -0.384 e. The second-order valence-electron chi connectivity index (χ2n) is 2.26. The van der Waals surface area contributed by atoms with Crippen molar-refractivity contribution in [2.75, 3.05) is 0 Å². The Labute approximate surface area is 76.1 Å². The lowest BCUT2D eigenvalue weighted by Crippen LogP contribution is -2.41. The van der Waals surface area contributed by atoms with Crippen LogP contribution in [0, 0.1) is 6.61 Å². The molecule has 1 saturated heterocycles. The molecule has 3 N–H and O–H groups in total. The van der Waals surface area contributed by atoms with E-state index in [4.69, 9.17) is 15.3 Å². The molecular weight excluding hydrogens is 270 g/mol. The first kappa shape index (κ1) is 9.59. The van der Waals surface area contributed by atoms with Crippen molar-refractivity contribution in [1.29, 1.82) is 0 Å². The van der Waals surface area contributed by atoms with Crippen molar-refractivity contribution in [2.45, 2.75) is 22.2 Å². The minimum absolute atomic E-state index is 0.476. The van der Waals surface area contributed by atoms with Gasteiger partial charge in [0.05, 0.1) is 0 Å². The third-order valence-electron chi connectivity index (χ3n) is 1.39. The summed E-state index contributed by atoms with van der Waals surface area (Å²) in [4.78, 5) is 0. The fraction of sp³-hybridized carbons (Fsp3) is 0.800. The van der Waals surface area contributed by atoms with Crippen molar-refractivity contribution in [3.63, 3.8) is 0 Å². The molecule has 1 heterocycles. The molecule has 6 heteroatoms. The van der Waals surface area contributed by atoms with Gasteiger partial charge in [0.2, 0.25) is 0 Å². The minimum atomic E-state index is -2.85. The Morgan fingerprint density at radius 2 is 2.27 bits per heavy atom. The van der Waals surface area contributed by atoms with E-state index in [1.54, 1.807) is 22.6 Å². The lowest BCUT2D eigenvalue weighted by Gasteiger charge is -2.18. The van der Waals surface area contributed by atoms with Crippen LogP contribution < -0.4 is 0 Å². The number of aliphatic hydroxyl groups excluding tert-OH is 2. The fourth-order valence-corrected chi connectivity index (χ4v) is 1.33. The summed E-state index contributed by atoms with van der Waals surface area (Å²) in [5.41, 5.74) is 0. The molecule has 11 heavy (non-hydrogen) atoms. The smallest absolute Gasteiger partial charge is 0.264 e. The Morgan fingerprint density at radius 3 is 2.45 bits per heavy atom. The Kier molecular flexibility index (Phi) is 2.70. The predicted octanol–water partition coefficient (Wildman–Crippen LogP) is -0.681. The molecule has 0 saturated carbocycles. The maximum atomic E-state index is 12.6. The van der Waals surface area contributed by atoms with Crippen LogP contribution in [0.15, 0.2) is 0 Å². The summed E-state index contributed by atoms with van der Waals surface area (Å²) < 4.78 is 16.1. The van der Waals surface area contributed by atoms with Gasteiger partial charge >= 0.3 is 0 Å². The monoisotopic (exact) mass is 277 g/mol. The largest absolute Gasteiger partial charge is 0.384 e. The van der Waals surface area contributed by atoms with Crippen LogP contribution in [0.2, 0.25) is 0 Å². The van der Waals surface area contributed by atoms with Gasteiger partial charge in [0.25, 0.3) is 5.85 Å². The van der Waals surface area contributed by atoms with Crippen LogP contribution in [0.25, 0.3) is 0 Å². The van der Waals surface area contributed by atoms with Crippen LogP contribution in [0.5, 0.6) is 0 Å². The molecule has 0 amide bonds. The van der Waals surface area contributed by atoms with Crippen LogP contribution in [-0.4, -0.2) is 37.5 Å². The Hall–Kier alpha value is 0.500. The van der Waals surface area contributed by atoms with E-state index in [1.165, 1.54) is 0 Å². The summed E-state index contributed by atoms with van der Waals surface area (Å²) in [6, 6.07) is 0. The average Bonchev–Trinajstić information content (AvgIpc) is 2.09. The summed E-state index contributed by atoms with van der Waals surface area (Å²) in [5.74, 6) is -2.85. The first-order chi connectivity index (χ1) is 4.95. The molecule has 4 nitrogen and oxygen atoms in total. The van der Waals surface area contributed by atoms with Crippen LogP contribution in [0.3, 0.4) is 0 Å². The Balaban J connectivity index is 2.63. The number of rotatable bonds is 1. The lowest BCUT2D eigenvalue weighted by molar-refractivity contribution is -0.134. The van der Waals surface area contributed by atoms with Crippen molar-refractivity contribution < 1.29 is 24.4 Å². The van der Waals surface area contributed by atoms with Gasteiger partial charge in [-0.15, -0.1) is 0 Å². The quantitative estimate of drug-likeness (QED) is 0.439. The second-order valence-corrected chi connectivity index (χ2v) is 3.54. The molecule has 65 valence electrons. The van der Waals surface area contributed by atoms with E-state index < -0.39 is 22.2 Å². The van der Waals surface area contributed by atoms with E-state index in [-0.39, 0.29) is 0 Å². The Morgan fingerprint density at radius 1 is 1.73 bits per heavy atom. The maximum absolute atomic E-state index is 12.6. The van der Waals surface area contributed by atoms with Gasteiger partial charge in [0, 0.05) is 0 Å². The van der Waals surface area contributed by atoms with Gasteiger partial charge in [-0.2, -0.15) is 0 Å². The molecule has 0 spiro atoms. The van der Waals surface area contributed by atoms with Gasteiger partial charge in [0.1, 0.15) is 16.3 Å². The van der Waals surface area contributed by atoms with Crippen LogP contribution >= 0.6 is 22.6 Å². The third-order valence-corrected chi connectivity index (χ3v) is 2.10. The topological polar surface area (TPSA) is 69.9 Å². The number of hydrogen-bond acceptors (Lipinski definition) is 4. The van der Waals surface area contributed by atoms with Gasteiger partial charge in [-0.25, -0.2) is 4.39 Å². The summed E-state index contributed by atoms with van der Waals surface area (Å²) in [6.07, 6.45) is -2.83. The highest BCUT2D eigenvalue weighted by molar-refractivity contribution is 14.1. The average molecular weight is 277 g/mol. The molecule has 1 unspecified atom stereocenters. The molecule has 1 aliphatic rings. The molecule has 1 aliphatic heterocycles. The van der Waals surface area contributed by atoms with E-state index in [1.807, 2.05) is 0 Å². The Bertz CT molecular complexity index is 151. The van der Waals surface area contributed by atoms with Gasteiger partial charge in [-0.1, -0.05) is 0 Å². The molecular formula is C5H7FIO4. The zero-order valence-electron chi connectivity index (χ0n) is 5.32. The van der Waals surface area contributed by atoms with Crippen molar-refractivity contribution >= 4 is 22.6 Å². The number of hydrogen-bond donors (Lipinski definition) is 3. The SMILES string of the molecule is OC(I)[C@@H]1O[CH][C@@](O)(F)[C@H]1O. The van der Waals surface area contributed by atoms with E-state index in [0.29, 0.717) is 6.61 Å². The number of aliphatic hydroxyl groups is 3. The summed E-state index contributed by atoms with van der Waals surface area (Å²) in [7, 11) is 0. The maximum Gasteiger partial charge on any atom is 0.264 e. The molecule has 4 atom stereocenters. The van der Waals surface area contributed by atoms with E-state index in [2.05, 4.69) is 4.74 Å². The highest BCUT2D eigenvalue weighted by Crippen LogP contribution is 2.32. The molecule has 0 aromatic rings. The number of halogens is 2. The third kappa shape index (κ3) is 1.81. The normalized spacial score (nSPS) is 47.7. The summed E-state index contributed by atoms with van der Waals surface area (Å²) in [6.45, 7) is 0.476. The molecule has 0 aromatic carbocycles. The standard InChI is InChI=1S/C5H7FIO4/c6-5(10)1-11-2(3(5)8)4(7)9/h1-4,8-10H/t2-,3+,4?,5+/m1/s1. The highest BCUT2D eigenvalue weighted by Gasteiger charge is 2.51. The highest BCUT2D eigenvalue weighted by atomic mass is 127. The van der Waals surface area contributed by atoms with Gasteiger partial charge < -0.3 is 20.1 Å². The molecule has 0 aliphatic carbocycles. The van der Waals surface area contributed by atoms with Crippen molar-refractivity contribution in [3.8, 4) is 0 Å². The number of alkyl halides is 2. The first-order valence-electron chi connectivity index (χ1n) is 2.86. The zero-order valence-corrected chi connectivity index (χ0v) is 7.47. The van der Waals surface area contributed by atoms with Crippen molar-refractivity contribution in [3.05, 3.63) is 6.61 Å². The summed E-state index contributed by atoms with van der Waals surface area (Å²) in [5, 5.41) is 26.5. The fourth-order valence-electron chi connectivity index (χ4n) is 0.764. The molecule has 1 fully saturated rings. The summed E-state index contributed by atoms with van der Waals surface area (Å²) >= 11 is 1.55. The van der Waals surface area contributed by atoms with Gasteiger partial charge in [0.15, 0.2) is 6.61 Å². The van der Waals surface area contributed by atoms with Gasteiger partial charge in [-0.3, -0.25) is 0 Å². The molecule has 0 aromatic heterocycles. The number of ether oxygens (including phenoxy) is 1. The van der Waals surface area contributed by atoms with Crippen molar-refractivity contribution in [2.24, 2.45) is 0 Å². The van der Waals surface area contributed by atoms with Crippen LogP contribution in [0.1, 0.15) is 0 Å². The predicted molar refractivity (Wildman–Crippen MR) is 41.3 cm³/mol. The zero-order chi connectivity index (χ0) is 8.65. The van der Waals surface area contributed by atoms with Gasteiger partial charge in [-0.05, 0) is 22.6 Å². The first-order valence-corrected chi connectivity index (χ1v) is 4.11. The molecule has 0 bridgehead atoms. The molecule has 1 rings (SSSR count).